The van der Waals surface area contributed by atoms with Crippen molar-refractivity contribution in [2.45, 2.75) is 58.9 Å². The van der Waals surface area contributed by atoms with Gasteiger partial charge in [-0.3, -0.25) is 14.4 Å². The number of likely N-dealkylation sites (tertiary alicyclic amines) is 1. The highest BCUT2D eigenvalue weighted by atomic mass is 16.5. The van der Waals surface area contributed by atoms with Crippen LogP contribution in [0.2, 0.25) is 0 Å². The van der Waals surface area contributed by atoms with Crippen molar-refractivity contribution in [2.75, 3.05) is 39.3 Å². The lowest BCUT2D eigenvalue weighted by Gasteiger charge is -2.32. The summed E-state index contributed by atoms with van der Waals surface area (Å²) < 4.78 is 5.79. The maximum atomic E-state index is 13.0. The van der Waals surface area contributed by atoms with Gasteiger partial charge in [0.25, 0.3) is 0 Å². The van der Waals surface area contributed by atoms with Gasteiger partial charge in [0.2, 0.25) is 17.7 Å². The van der Waals surface area contributed by atoms with Crippen molar-refractivity contribution in [3.8, 4) is 5.75 Å². The van der Waals surface area contributed by atoms with Crippen molar-refractivity contribution in [3.63, 3.8) is 0 Å². The molecule has 2 heterocycles. The van der Waals surface area contributed by atoms with Crippen LogP contribution in [0.5, 0.6) is 5.75 Å². The van der Waals surface area contributed by atoms with Gasteiger partial charge in [-0.1, -0.05) is 18.2 Å². The van der Waals surface area contributed by atoms with E-state index in [1.165, 1.54) is 0 Å². The van der Waals surface area contributed by atoms with Gasteiger partial charge in [-0.25, -0.2) is 0 Å². The lowest BCUT2D eigenvalue weighted by atomic mass is 10.1. The molecular formula is C25H37N3O4. The van der Waals surface area contributed by atoms with E-state index in [2.05, 4.69) is 0 Å². The molecule has 2 aliphatic rings. The molecule has 7 nitrogen and oxygen atoms in total. The van der Waals surface area contributed by atoms with Crippen LogP contribution in [-0.4, -0.2) is 77.3 Å². The molecule has 1 unspecified atom stereocenters. The Balaban J connectivity index is 1.43. The Morgan fingerprint density at radius 1 is 1.06 bits per heavy atom. The van der Waals surface area contributed by atoms with E-state index in [1.54, 1.807) is 0 Å². The predicted octanol–water partition coefficient (Wildman–Crippen LogP) is 2.86. The van der Waals surface area contributed by atoms with Crippen LogP contribution in [0.3, 0.4) is 0 Å². The molecule has 1 aromatic rings. The van der Waals surface area contributed by atoms with Crippen LogP contribution in [0, 0.1) is 12.8 Å². The minimum atomic E-state index is -0.275. The molecule has 3 amide bonds. The van der Waals surface area contributed by atoms with E-state index in [0.29, 0.717) is 52.2 Å². The van der Waals surface area contributed by atoms with Gasteiger partial charge < -0.3 is 19.4 Å². The number of para-hydroxylation sites is 1. The van der Waals surface area contributed by atoms with Gasteiger partial charge in [-0.2, -0.15) is 0 Å². The van der Waals surface area contributed by atoms with Crippen LogP contribution in [0.15, 0.2) is 24.3 Å². The number of nitrogens with zero attached hydrogens (tertiary/aromatic N) is 3. The summed E-state index contributed by atoms with van der Waals surface area (Å²) in [6, 6.07) is 7.87. The van der Waals surface area contributed by atoms with Gasteiger partial charge in [0.15, 0.2) is 0 Å². The number of amides is 3. The lowest BCUT2D eigenvalue weighted by Crippen LogP contribution is -2.44. The molecule has 1 aromatic carbocycles. The zero-order valence-corrected chi connectivity index (χ0v) is 19.9. The standard InChI is InChI=1S/C25H37N3O4/c1-19-9-5-6-10-21(19)32-16-7-11-22(29)26-12-8-13-27(15-14-26)24(31)20-17-23(30)28(18-20)25(2,3)4/h5-6,9-10,20H,7-8,11-18H2,1-4H3. The zero-order chi connectivity index (χ0) is 23.3. The minimum absolute atomic E-state index is 0.0472. The first-order valence-corrected chi connectivity index (χ1v) is 11.7. The second-order valence-corrected chi connectivity index (χ2v) is 9.85. The fourth-order valence-electron chi connectivity index (χ4n) is 4.45. The first kappa shape index (κ1) is 24.1. The van der Waals surface area contributed by atoms with Gasteiger partial charge in [0.05, 0.1) is 12.5 Å². The van der Waals surface area contributed by atoms with E-state index in [0.717, 1.165) is 17.7 Å². The van der Waals surface area contributed by atoms with Crippen molar-refractivity contribution in [2.24, 2.45) is 5.92 Å². The number of carbonyl (C=O) groups excluding carboxylic acids is 3. The van der Waals surface area contributed by atoms with E-state index >= 15 is 0 Å². The third kappa shape index (κ3) is 6.02. The molecule has 0 radical (unpaired) electrons. The highest BCUT2D eigenvalue weighted by Gasteiger charge is 2.41. The fourth-order valence-corrected chi connectivity index (χ4v) is 4.45. The Kier molecular flexibility index (Phi) is 7.80. The molecule has 2 aliphatic heterocycles. The van der Waals surface area contributed by atoms with Crippen LogP contribution >= 0.6 is 0 Å². The molecule has 32 heavy (non-hydrogen) atoms. The van der Waals surface area contributed by atoms with Gasteiger partial charge in [0, 0.05) is 51.1 Å². The smallest absolute Gasteiger partial charge is 0.228 e. The molecule has 0 spiro atoms. The SMILES string of the molecule is Cc1ccccc1OCCCC(=O)N1CCCN(C(=O)C2CC(=O)N(C(C)(C)C)C2)CC1. The third-order valence-corrected chi connectivity index (χ3v) is 6.33. The molecule has 2 fully saturated rings. The number of hydrogen-bond donors (Lipinski definition) is 0. The molecule has 0 bridgehead atoms. The third-order valence-electron chi connectivity index (χ3n) is 6.33. The summed E-state index contributed by atoms with van der Waals surface area (Å²) in [6.45, 7) is 11.4. The van der Waals surface area contributed by atoms with Crippen LogP contribution in [0.4, 0.5) is 0 Å². The molecule has 2 saturated heterocycles. The van der Waals surface area contributed by atoms with Gasteiger partial charge in [-0.15, -0.1) is 0 Å². The second kappa shape index (κ2) is 10.4. The van der Waals surface area contributed by atoms with E-state index in [9.17, 15) is 14.4 Å². The quantitative estimate of drug-likeness (QED) is 0.634. The maximum Gasteiger partial charge on any atom is 0.228 e. The molecule has 0 aromatic heterocycles. The lowest BCUT2D eigenvalue weighted by molar-refractivity contribution is -0.136. The van der Waals surface area contributed by atoms with Crippen molar-refractivity contribution in [1.82, 2.24) is 14.7 Å². The van der Waals surface area contributed by atoms with Gasteiger partial charge in [-0.05, 0) is 52.2 Å². The summed E-state index contributed by atoms with van der Waals surface area (Å²) in [6.07, 6.45) is 2.16. The summed E-state index contributed by atoms with van der Waals surface area (Å²) >= 11 is 0. The monoisotopic (exact) mass is 443 g/mol. The minimum Gasteiger partial charge on any atom is -0.493 e. The van der Waals surface area contributed by atoms with Crippen molar-refractivity contribution >= 4 is 17.7 Å². The summed E-state index contributed by atoms with van der Waals surface area (Å²) in [5.41, 5.74) is 0.822. The molecule has 0 saturated carbocycles. The number of benzene rings is 1. The van der Waals surface area contributed by atoms with Gasteiger partial charge >= 0.3 is 0 Å². The van der Waals surface area contributed by atoms with Crippen molar-refractivity contribution < 1.29 is 19.1 Å². The molecule has 3 rings (SSSR count). The summed E-state index contributed by atoms with van der Waals surface area (Å²) in [7, 11) is 0. The highest BCUT2D eigenvalue weighted by Crippen LogP contribution is 2.27. The zero-order valence-electron chi connectivity index (χ0n) is 19.9. The number of ether oxygens (including phenoxy) is 1. The van der Waals surface area contributed by atoms with Crippen LogP contribution in [-0.2, 0) is 14.4 Å². The van der Waals surface area contributed by atoms with E-state index < -0.39 is 0 Å². The Morgan fingerprint density at radius 3 is 2.44 bits per heavy atom. The Labute approximate surface area is 191 Å². The van der Waals surface area contributed by atoms with Gasteiger partial charge in [0.1, 0.15) is 5.75 Å². The number of carbonyl (C=O) groups is 3. The average Bonchev–Trinajstić information content (AvgIpc) is 2.98. The van der Waals surface area contributed by atoms with Crippen LogP contribution in [0.25, 0.3) is 0 Å². The van der Waals surface area contributed by atoms with Crippen molar-refractivity contribution in [1.29, 1.82) is 0 Å². The van der Waals surface area contributed by atoms with E-state index in [4.69, 9.17) is 4.74 Å². The largest absolute Gasteiger partial charge is 0.493 e. The van der Waals surface area contributed by atoms with Crippen molar-refractivity contribution in [3.05, 3.63) is 29.8 Å². The number of hydrogen-bond acceptors (Lipinski definition) is 4. The van der Waals surface area contributed by atoms with Crippen LogP contribution < -0.4 is 4.74 Å². The summed E-state index contributed by atoms with van der Waals surface area (Å²) in [5, 5.41) is 0. The summed E-state index contributed by atoms with van der Waals surface area (Å²) in [4.78, 5) is 43.6. The van der Waals surface area contributed by atoms with E-state index in [1.807, 2.05) is 66.7 Å². The Morgan fingerprint density at radius 2 is 1.75 bits per heavy atom. The average molecular weight is 444 g/mol. The Hall–Kier alpha value is -2.57. The fraction of sp³-hybridized carbons (Fsp3) is 0.640. The topological polar surface area (TPSA) is 70.2 Å². The molecule has 176 valence electrons. The Bertz CT molecular complexity index is 833. The summed E-state index contributed by atoms with van der Waals surface area (Å²) in [5.74, 6) is 0.797. The molecule has 0 aliphatic carbocycles. The molecule has 7 heteroatoms. The second-order valence-electron chi connectivity index (χ2n) is 9.85. The first-order chi connectivity index (χ1) is 15.2. The normalized spacial score (nSPS) is 19.8. The number of aryl methyl sites for hydroxylation is 1. The van der Waals surface area contributed by atoms with Crippen LogP contribution in [0.1, 0.15) is 52.0 Å². The predicted molar refractivity (Wildman–Crippen MR) is 123 cm³/mol. The molecule has 0 N–H and O–H groups in total. The molecule has 1 atom stereocenters. The highest BCUT2D eigenvalue weighted by molar-refractivity contribution is 5.89. The first-order valence-electron chi connectivity index (χ1n) is 11.7. The maximum absolute atomic E-state index is 13.0. The van der Waals surface area contributed by atoms with E-state index in [-0.39, 0.29) is 35.6 Å². The number of rotatable bonds is 6. The molecular weight excluding hydrogens is 406 g/mol.